The summed E-state index contributed by atoms with van der Waals surface area (Å²) in [6, 6.07) is 1.96. The van der Waals surface area contributed by atoms with E-state index < -0.39 is 0 Å². The largest absolute Gasteiger partial charge is 0.365 e. The van der Waals surface area contributed by atoms with Gasteiger partial charge in [-0.05, 0) is 62.7 Å². The van der Waals surface area contributed by atoms with E-state index in [9.17, 15) is 4.79 Å². The summed E-state index contributed by atoms with van der Waals surface area (Å²) in [6.07, 6.45) is 5.52. The van der Waals surface area contributed by atoms with E-state index in [1.807, 2.05) is 13.1 Å². The number of nitrogens with one attached hydrogen (secondary N) is 1. The first-order valence-electron chi connectivity index (χ1n) is 7.89. The van der Waals surface area contributed by atoms with Crippen molar-refractivity contribution < 1.29 is 4.79 Å². The van der Waals surface area contributed by atoms with Crippen LogP contribution in [0, 0.1) is 5.92 Å². The fourth-order valence-electron chi connectivity index (χ4n) is 3.47. The van der Waals surface area contributed by atoms with Crippen LogP contribution < -0.4 is 16.0 Å². The summed E-state index contributed by atoms with van der Waals surface area (Å²) in [5.74, 6) is 1.05. The summed E-state index contributed by atoms with van der Waals surface area (Å²) < 4.78 is 0. The van der Waals surface area contributed by atoms with E-state index in [0.717, 1.165) is 50.4 Å². The van der Waals surface area contributed by atoms with Gasteiger partial charge in [0.15, 0.2) is 0 Å². The van der Waals surface area contributed by atoms with Crippen LogP contribution in [0.3, 0.4) is 0 Å². The van der Waals surface area contributed by atoms with Gasteiger partial charge >= 0.3 is 0 Å². The molecule has 3 rings (SSSR count). The van der Waals surface area contributed by atoms with Crippen molar-refractivity contribution >= 4 is 11.7 Å². The van der Waals surface area contributed by atoms with Crippen molar-refractivity contribution in [2.24, 2.45) is 11.7 Å². The van der Waals surface area contributed by atoms with Crippen LogP contribution in [0.25, 0.3) is 0 Å². The third-order valence-electron chi connectivity index (χ3n) is 4.65. The van der Waals surface area contributed by atoms with Crippen LogP contribution in [0.5, 0.6) is 0 Å². The highest BCUT2D eigenvalue weighted by Gasteiger charge is 2.23. The number of carbonyl (C=O) groups is 1. The number of nitrogens with zero attached hydrogens (tertiary/aromatic N) is 2. The van der Waals surface area contributed by atoms with Gasteiger partial charge in [0.25, 0.3) is 5.91 Å². The minimum atomic E-state index is -0.371. The lowest BCUT2D eigenvalue weighted by Gasteiger charge is -2.29. The smallest absolute Gasteiger partial charge is 0.252 e. The Morgan fingerprint density at radius 3 is 2.90 bits per heavy atom. The molecule has 5 nitrogen and oxygen atoms in total. The number of pyridine rings is 1. The van der Waals surface area contributed by atoms with Crippen LogP contribution in [-0.4, -0.2) is 37.6 Å². The molecule has 3 N–H and O–H groups in total. The summed E-state index contributed by atoms with van der Waals surface area (Å²) in [7, 11) is 2.03. The number of fused-ring (bicyclic) bond motifs is 1. The Labute approximate surface area is 125 Å². The van der Waals surface area contributed by atoms with Crippen molar-refractivity contribution in [2.75, 3.05) is 31.6 Å². The third-order valence-corrected chi connectivity index (χ3v) is 4.65. The Hall–Kier alpha value is -1.62. The van der Waals surface area contributed by atoms with Gasteiger partial charge in [-0.1, -0.05) is 0 Å². The molecule has 0 spiro atoms. The van der Waals surface area contributed by atoms with E-state index in [-0.39, 0.29) is 5.91 Å². The molecule has 1 aliphatic heterocycles. The number of aromatic nitrogens is 1. The van der Waals surface area contributed by atoms with E-state index in [4.69, 9.17) is 10.7 Å². The molecule has 114 valence electrons. The molecule has 2 aliphatic rings. The summed E-state index contributed by atoms with van der Waals surface area (Å²) >= 11 is 0. The zero-order valence-corrected chi connectivity index (χ0v) is 12.7. The van der Waals surface area contributed by atoms with Crippen molar-refractivity contribution in [2.45, 2.75) is 32.1 Å². The zero-order chi connectivity index (χ0) is 14.8. The van der Waals surface area contributed by atoms with Crippen LogP contribution in [-0.2, 0) is 12.8 Å². The fourth-order valence-corrected chi connectivity index (χ4v) is 3.47. The van der Waals surface area contributed by atoms with E-state index in [0.29, 0.717) is 11.5 Å². The van der Waals surface area contributed by atoms with E-state index >= 15 is 0 Å². The topological polar surface area (TPSA) is 71.2 Å². The standard InChI is InChI=1S/C16H24N4O/c1-20(10-11-5-7-18-8-6-11)16-13(15(17)21)9-12-3-2-4-14(12)19-16/h9,11,18H,2-8,10H2,1H3,(H2,17,21). The van der Waals surface area contributed by atoms with Crippen LogP contribution in [0.1, 0.15) is 40.9 Å². The van der Waals surface area contributed by atoms with Gasteiger partial charge in [-0.15, -0.1) is 0 Å². The SMILES string of the molecule is CN(CC1CCNCC1)c1nc2c(cc1C(N)=O)CCC2. The maximum absolute atomic E-state index is 11.8. The van der Waals surface area contributed by atoms with Gasteiger partial charge in [-0.2, -0.15) is 0 Å². The molecule has 1 aromatic rings. The summed E-state index contributed by atoms with van der Waals surface area (Å²) in [4.78, 5) is 18.6. The third kappa shape index (κ3) is 3.02. The average Bonchev–Trinajstić information content (AvgIpc) is 2.94. The lowest BCUT2D eigenvalue weighted by Crippen LogP contribution is -2.35. The molecule has 1 amide bonds. The molecule has 0 bridgehead atoms. The molecular formula is C16H24N4O. The summed E-state index contributed by atoms with van der Waals surface area (Å²) in [6.45, 7) is 3.10. The highest BCUT2D eigenvalue weighted by atomic mass is 16.1. The molecule has 1 aliphatic carbocycles. The molecule has 2 heterocycles. The number of piperidine rings is 1. The lowest BCUT2D eigenvalue weighted by atomic mass is 9.97. The molecule has 0 radical (unpaired) electrons. The minimum Gasteiger partial charge on any atom is -0.365 e. The molecule has 1 aromatic heterocycles. The Kier molecular flexibility index (Phi) is 4.10. The number of carbonyl (C=O) groups excluding carboxylic acids is 1. The highest BCUT2D eigenvalue weighted by molar-refractivity contribution is 5.98. The van der Waals surface area contributed by atoms with Gasteiger partial charge in [0.05, 0.1) is 5.56 Å². The number of amides is 1. The number of rotatable bonds is 4. The average molecular weight is 288 g/mol. The number of nitrogens with two attached hydrogens (primary N) is 1. The lowest BCUT2D eigenvalue weighted by molar-refractivity contribution is 0.100. The Morgan fingerprint density at radius 1 is 1.43 bits per heavy atom. The van der Waals surface area contributed by atoms with Crippen LogP contribution in [0.15, 0.2) is 6.07 Å². The predicted molar refractivity (Wildman–Crippen MR) is 83.6 cm³/mol. The zero-order valence-electron chi connectivity index (χ0n) is 12.7. The molecule has 0 atom stereocenters. The molecule has 21 heavy (non-hydrogen) atoms. The quantitative estimate of drug-likeness (QED) is 0.870. The maximum Gasteiger partial charge on any atom is 0.252 e. The predicted octanol–water partition coefficient (Wildman–Crippen LogP) is 1.10. The van der Waals surface area contributed by atoms with Crippen LogP contribution in [0.2, 0.25) is 0 Å². The first-order chi connectivity index (χ1) is 10.1. The van der Waals surface area contributed by atoms with Crippen LogP contribution >= 0.6 is 0 Å². The number of primary amides is 1. The minimum absolute atomic E-state index is 0.371. The summed E-state index contributed by atoms with van der Waals surface area (Å²) in [5, 5.41) is 3.38. The Bertz CT molecular complexity index is 537. The van der Waals surface area contributed by atoms with Gasteiger partial charge in [0, 0.05) is 19.3 Å². The highest BCUT2D eigenvalue weighted by Crippen LogP contribution is 2.27. The number of hydrogen-bond donors (Lipinski definition) is 2. The molecular weight excluding hydrogens is 264 g/mol. The van der Waals surface area contributed by atoms with Gasteiger partial charge in [-0.25, -0.2) is 4.98 Å². The Balaban J connectivity index is 1.83. The van der Waals surface area contributed by atoms with Crippen molar-refractivity contribution in [1.29, 1.82) is 0 Å². The monoisotopic (exact) mass is 288 g/mol. The van der Waals surface area contributed by atoms with Gasteiger partial charge in [0.2, 0.25) is 0 Å². The first-order valence-corrected chi connectivity index (χ1v) is 7.89. The number of anilines is 1. The van der Waals surface area contributed by atoms with Crippen molar-refractivity contribution in [3.8, 4) is 0 Å². The fraction of sp³-hybridized carbons (Fsp3) is 0.625. The van der Waals surface area contributed by atoms with Crippen LogP contribution in [0.4, 0.5) is 5.82 Å². The Morgan fingerprint density at radius 2 is 2.19 bits per heavy atom. The maximum atomic E-state index is 11.8. The molecule has 1 fully saturated rings. The molecule has 5 heteroatoms. The van der Waals surface area contributed by atoms with Crippen molar-refractivity contribution in [3.63, 3.8) is 0 Å². The second-order valence-electron chi connectivity index (χ2n) is 6.26. The van der Waals surface area contributed by atoms with E-state index in [2.05, 4.69) is 10.2 Å². The van der Waals surface area contributed by atoms with E-state index in [1.165, 1.54) is 18.4 Å². The summed E-state index contributed by atoms with van der Waals surface area (Å²) in [5.41, 5.74) is 8.48. The van der Waals surface area contributed by atoms with Gasteiger partial charge < -0.3 is 16.0 Å². The second-order valence-corrected chi connectivity index (χ2v) is 6.26. The molecule has 0 saturated carbocycles. The normalized spacial score (nSPS) is 18.5. The van der Waals surface area contributed by atoms with Gasteiger partial charge in [-0.3, -0.25) is 4.79 Å². The first kappa shape index (κ1) is 14.3. The van der Waals surface area contributed by atoms with Crippen molar-refractivity contribution in [1.82, 2.24) is 10.3 Å². The molecule has 0 aromatic carbocycles. The molecule has 1 saturated heterocycles. The van der Waals surface area contributed by atoms with E-state index in [1.54, 1.807) is 0 Å². The molecule has 0 unspecified atom stereocenters. The number of hydrogen-bond acceptors (Lipinski definition) is 4. The van der Waals surface area contributed by atoms with Crippen molar-refractivity contribution in [3.05, 3.63) is 22.9 Å². The number of aryl methyl sites for hydroxylation is 2. The van der Waals surface area contributed by atoms with Gasteiger partial charge in [0.1, 0.15) is 5.82 Å². The second kappa shape index (κ2) is 6.02.